The van der Waals surface area contributed by atoms with Crippen molar-refractivity contribution in [1.82, 2.24) is 5.32 Å². The van der Waals surface area contributed by atoms with Crippen LogP contribution in [0.2, 0.25) is 5.02 Å². The third-order valence-electron chi connectivity index (χ3n) is 2.92. The molecular weight excluding hydrogens is 238 g/mol. The fourth-order valence-corrected chi connectivity index (χ4v) is 1.89. The number of hydrogen-bond donors (Lipinski definition) is 3. The van der Waals surface area contributed by atoms with Crippen molar-refractivity contribution >= 4 is 23.2 Å². The number of nitrogens with two attached hydrogens (primary N) is 1. The van der Waals surface area contributed by atoms with Crippen LogP contribution < -0.4 is 16.6 Å². The molecule has 2 rings (SSSR count). The van der Waals surface area contributed by atoms with Gasteiger partial charge in [0.05, 0.1) is 11.3 Å². The molecule has 1 aromatic carbocycles. The highest BCUT2D eigenvalue weighted by Crippen LogP contribution is 2.31. The summed E-state index contributed by atoms with van der Waals surface area (Å²) >= 11 is 5.86. The molecule has 5 heteroatoms. The van der Waals surface area contributed by atoms with Crippen LogP contribution in [-0.2, 0) is 0 Å². The lowest BCUT2D eigenvalue weighted by atomic mass is 10.1. The smallest absolute Gasteiger partial charge is 0.253 e. The van der Waals surface area contributed by atoms with E-state index in [4.69, 9.17) is 17.4 Å². The van der Waals surface area contributed by atoms with Crippen molar-refractivity contribution in [3.8, 4) is 0 Å². The second-order valence-corrected chi connectivity index (χ2v) is 4.76. The molecule has 1 saturated carbocycles. The average molecular weight is 254 g/mol. The summed E-state index contributed by atoms with van der Waals surface area (Å²) in [4.78, 5) is 11.9. The molecule has 0 atom stereocenters. The van der Waals surface area contributed by atoms with Crippen molar-refractivity contribution in [3.63, 3.8) is 0 Å². The molecule has 0 aliphatic heterocycles. The van der Waals surface area contributed by atoms with Crippen LogP contribution in [0.3, 0.4) is 0 Å². The topological polar surface area (TPSA) is 67.1 Å². The van der Waals surface area contributed by atoms with Gasteiger partial charge in [-0.3, -0.25) is 10.6 Å². The molecule has 0 unspecified atom stereocenters. The molecule has 1 aliphatic rings. The van der Waals surface area contributed by atoms with Crippen LogP contribution >= 0.6 is 11.6 Å². The molecule has 0 spiro atoms. The van der Waals surface area contributed by atoms with Crippen molar-refractivity contribution < 1.29 is 4.79 Å². The van der Waals surface area contributed by atoms with E-state index in [0.717, 1.165) is 12.3 Å². The second kappa shape index (κ2) is 5.38. The molecule has 17 heavy (non-hydrogen) atoms. The highest BCUT2D eigenvalue weighted by molar-refractivity contribution is 6.31. The quantitative estimate of drug-likeness (QED) is 0.556. The average Bonchev–Trinajstić information content (AvgIpc) is 3.13. The van der Waals surface area contributed by atoms with E-state index in [0.29, 0.717) is 22.8 Å². The first kappa shape index (κ1) is 12.2. The maximum absolute atomic E-state index is 11.9. The normalized spacial score (nSPS) is 14.5. The summed E-state index contributed by atoms with van der Waals surface area (Å²) in [6.45, 7) is 0.708. The number of halogens is 1. The van der Waals surface area contributed by atoms with Gasteiger partial charge in [-0.2, -0.15) is 0 Å². The van der Waals surface area contributed by atoms with E-state index in [1.807, 2.05) is 0 Å². The van der Waals surface area contributed by atoms with Crippen LogP contribution in [0.1, 0.15) is 29.6 Å². The van der Waals surface area contributed by atoms with E-state index in [2.05, 4.69) is 10.7 Å². The third-order valence-corrected chi connectivity index (χ3v) is 3.15. The molecule has 1 fully saturated rings. The zero-order valence-electron chi connectivity index (χ0n) is 9.50. The van der Waals surface area contributed by atoms with Gasteiger partial charge in [-0.05, 0) is 30.5 Å². The molecule has 92 valence electrons. The molecule has 0 saturated heterocycles. The zero-order valence-corrected chi connectivity index (χ0v) is 10.3. The predicted molar refractivity (Wildman–Crippen MR) is 68.9 cm³/mol. The van der Waals surface area contributed by atoms with Crippen LogP contribution in [0.25, 0.3) is 0 Å². The minimum Gasteiger partial charge on any atom is -0.352 e. The first-order valence-corrected chi connectivity index (χ1v) is 6.13. The summed E-state index contributed by atoms with van der Waals surface area (Å²) < 4.78 is 0. The van der Waals surface area contributed by atoms with Crippen molar-refractivity contribution in [2.24, 2.45) is 11.8 Å². The Morgan fingerprint density at radius 1 is 1.47 bits per heavy atom. The van der Waals surface area contributed by atoms with E-state index in [-0.39, 0.29) is 5.91 Å². The number of anilines is 1. The molecule has 0 bridgehead atoms. The number of nitrogen functional groups attached to an aromatic ring is 1. The van der Waals surface area contributed by atoms with Crippen molar-refractivity contribution in [2.45, 2.75) is 19.3 Å². The molecule has 4 N–H and O–H groups in total. The Labute approximate surface area is 105 Å². The Hall–Kier alpha value is -1.26. The standard InChI is InChI=1S/C12H16ClN3O/c13-9-3-4-11(16-14)10(7-9)12(17)15-6-5-8-1-2-8/h3-4,7-8,16H,1-2,5-6,14H2,(H,15,17). The third kappa shape index (κ3) is 3.35. The predicted octanol–water partition coefficient (Wildman–Crippen LogP) is 2.16. The number of rotatable bonds is 5. The summed E-state index contributed by atoms with van der Waals surface area (Å²) in [6.07, 6.45) is 3.64. The second-order valence-electron chi connectivity index (χ2n) is 4.32. The van der Waals surface area contributed by atoms with E-state index < -0.39 is 0 Å². The highest BCUT2D eigenvalue weighted by Gasteiger charge is 2.21. The minimum atomic E-state index is -0.138. The summed E-state index contributed by atoms with van der Waals surface area (Å²) in [6, 6.07) is 5.00. The fourth-order valence-electron chi connectivity index (χ4n) is 1.72. The summed E-state index contributed by atoms with van der Waals surface area (Å²) in [5.41, 5.74) is 3.56. The van der Waals surface area contributed by atoms with E-state index in [1.165, 1.54) is 12.8 Å². The summed E-state index contributed by atoms with van der Waals surface area (Å²) in [5, 5.41) is 3.40. The fraction of sp³-hybridized carbons (Fsp3) is 0.417. The number of hydrazine groups is 1. The van der Waals surface area contributed by atoms with Gasteiger partial charge in [0.2, 0.25) is 0 Å². The number of carbonyl (C=O) groups is 1. The van der Waals surface area contributed by atoms with E-state index >= 15 is 0 Å². The van der Waals surface area contributed by atoms with Crippen molar-refractivity contribution in [3.05, 3.63) is 28.8 Å². The lowest BCUT2D eigenvalue weighted by molar-refractivity contribution is 0.0953. The van der Waals surface area contributed by atoms with Gasteiger partial charge in [-0.25, -0.2) is 0 Å². The molecule has 1 aromatic rings. The van der Waals surface area contributed by atoms with Gasteiger partial charge in [0, 0.05) is 11.6 Å². The maximum atomic E-state index is 11.9. The van der Waals surface area contributed by atoms with E-state index in [9.17, 15) is 4.79 Å². The van der Waals surface area contributed by atoms with Gasteiger partial charge in [0.25, 0.3) is 5.91 Å². The van der Waals surface area contributed by atoms with Gasteiger partial charge in [0.15, 0.2) is 0 Å². The highest BCUT2D eigenvalue weighted by atomic mass is 35.5. The largest absolute Gasteiger partial charge is 0.352 e. The van der Waals surface area contributed by atoms with Gasteiger partial charge in [-0.15, -0.1) is 0 Å². The van der Waals surface area contributed by atoms with Crippen LogP contribution in [-0.4, -0.2) is 12.5 Å². The van der Waals surface area contributed by atoms with Crippen LogP contribution in [0, 0.1) is 5.92 Å². The molecule has 0 heterocycles. The van der Waals surface area contributed by atoms with Crippen molar-refractivity contribution in [1.29, 1.82) is 0 Å². The van der Waals surface area contributed by atoms with Crippen LogP contribution in [0.5, 0.6) is 0 Å². The lowest BCUT2D eigenvalue weighted by Gasteiger charge is -2.09. The molecule has 1 aliphatic carbocycles. The van der Waals surface area contributed by atoms with Crippen LogP contribution in [0.15, 0.2) is 18.2 Å². The monoisotopic (exact) mass is 253 g/mol. The first-order chi connectivity index (χ1) is 8.20. The maximum Gasteiger partial charge on any atom is 0.253 e. The van der Waals surface area contributed by atoms with Gasteiger partial charge >= 0.3 is 0 Å². The molecule has 0 radical (unpaired) electrons. The number of benzene rings is 1. The SMILES string of the molecule is NNc1ccc(Cl)cc1C(=O)NCCC1CC1. The Balaban J connectivity index is 1.98. The number of nitrogens with one attached hydrogen (secondary N) is 2. The van der Waals surface area contributed by atoms with E-state index in [1.54, 1.807) is 18.2 Å². The molecule has 1 amide bonds. The number of hydrogen-bond acceptors (Lipinski definition) is 3. The Kier molecular flexibility index (Phi) is 3.86. The summed E-state index contributed by atoms with van der Waals surface area (Å²) in [7, 11) is 0. The summed E-state index contributed by atoms with van der Waals surface area (Å²) in [5.74, 6) is 6.02. The Morgan fingerprint density at radius 3 is 2.88 bits per heavy atom. The molecule has 0 aromatic heterocycles. The van der Waals surface area contributed by atoms with Crippen LogP contribution in [0.4, 0.5) is 5.69 Å². The number of amides is 1. The van der Waals surface area contributed by atoms with Crippen molar-refractivity contribution in [2.75, 3.05) is 12.0 Å². The van der Waals surface area contributed by atoms with Gasteiger partial charge in [-0.1, -0.05) is 24.4 Å². The lowest BCUT2D eigenvalue weighted by Crippen LogP contribution is -2.26. The number of carbonyl (C=O) groups excluding carboxylic acids is 1. The minimum absolute atomic E-state index is 0.138. The Bertz CT molecular complexity index is 418. The van der Waals surface area contributed by atoms with Gasteiger partial charge in [0.1, 0.15) is 0 Å². The molecule has 4 nitrogen and oxygen atoms in total. The first-order valence-electron chi connectivity index (χ1n) is 5.75. The Morgan fingerprint density at radius 2 is 2.24 bits per heavy atom. The molecular formula is C12H16ClN3O. The van der Waals surface area contributed by atoms with Gasteiger partial charge < -0.3 is 10.7 Å². The zero-order chi connectivity index (χ0) is 12.3.